The van der Waals surface area contributed by atoms with Gasteiger partial charge in [0, 0.05) is 35.6 Å². The maximum Gasteiger partial charge on any atom is 0.290 e. The Kier molecular flexibility index (Phi) is 5.61. The van der Waals surface area contributed by atoms with Gasteiger partial charge in [-0.05, 0) is 48.9 Å². The molecular weight excluding hydrogens is 394 g/mol. The van der Waals surface area contributed by atoms with Crippen LogP contribution in [0, 0.1) is 0 Å². The molecule has 0 unspecified atom stereocenters. The quantitative estimate of drug-likeness (QED) is 0.490. The average molecular weight is 415 g/mol. The fraction of sp³-hybridized carbons (Fsp3) is 0.130. The van der Waals surface area contributed by atoms with E-state index in [4.69, 9.17) is 0 Å². The first-order valence-electron chi connectivity index (χ1n) is 9.92. The maximum atomic E-state index is 12.8. The lowest BCUT2D eigenvalue weighted by Gasteiger charge is -2.11. The number of nitrogens with one attached hydrogen (secondary N) is 2. The minimum absolute atomic E-state index is 0.0758. The molecule has 8 heteroatoms. The molecule has 0 atom stereocenters. The molecule has 0 saturated carbocycles. The number of hydrogen-bond donors (Lipinski definition) is 2. The molecule has 2 N–H and O–H groups in total. The van der Waals surface area contributed by atoms with Gasteiger partial charge in [0.15, 0.2) is 5.69 Å². The lowest BCUT2D eigenvalue weighted by Crippen LogP contribution is -2.42. The van der Waals surface area contributed by atoms with E-state index in [1.807, 2.05) is 48.1 Å². The molecular formula is C23H21N5O3. The lowest BCUT2D eigenvalue weighted by atomic mass is 10.1. The monoisotopic (exact) mass is 415 g/mol. The Bertz CT molecular complexity index is 1290. The lowest BCUT2D eigenvalue weighted by molar-refractivity contribution is 0.0843. The van der Waals surface area contributed by atoms with Gasteiger partial charge < -0.3 is 4.57 Å². The van der Waals surface area contributed by atoms with Crippen LogP contribution in [0.3, 0.4) is 0 Å². The van der Waals surface area contributed by atoms with Crippen molar-refractivity contribution in [3.63, 3.8) is 0 Å². The van der Waals surface area contributed by atoms with Crippen LogP contribution >= 0.6 is 0 Å². The summed E-state index contributed by atoms with van der Waals surface area (Å²) in [5, 5.41) is 5.06. The summed E-state index contributed by atoms with van der Waals surface area (Å²) in [6.07, 6.45) is 4.51. The molecule has 0 aliphatic carbocycles. The summed E-state index contributed by atoms with van der Waals surface area (Å²) in [7, 11) is 0. The summed E-state index contributed by atoms with van der Waals surface area (Å²) < 4.78 is 3.20. The number of benzene rings is 2. The van der Waals surface area contributed by atoms with Gasteiger partial charge in [-0.3, -0.25) is 25.2 Å². The first-order valence-corrected chi connectivity index (χ1v) is 9.92. The zero-order valence-electron chi connectivity index (χ0n) is 16.9. The van der Waals surface area contributed by atoms with Gasteiger partial charge in [-0.15, -0.1) is 0 Å². The van der Waals surface area contributed by atoms with E-state index >= 15 is 0 Å². The summed E-state index contributed by atoms with van der Waals surface area (Å²) >= 11 is 0. The van der Waals surface area contributed by atoms with Gasteiger partial charge in [0.2, 0.25) is 0 Å². The van der Waals surface area contributed by atoms with Gasteiger partial charge >= 0.3 is 0 Å². The fourth-order valence-corrected chi connectivity index (χ4v) is 3.30. The van der Waals surface area contributed by atoms with Crippen LogP contribution in [-0.4, -0.2) is 26.2 Å². The Balaban J connectivity index is 1.52. The van der Waals surface area contributed by atoms with E-state index in [0.29, 0.717) is 29.3 Å². The molecule has 0 radical (unpaired) electrons. The zero-order valence-corrected chi connectivity index (χ0v) is 16.9. The molecule has 31 heavy (non-hydrogen) atoms. The van der Waals surface area contributed by atoms with Crippen LogP contribution in [0.4, 0.5) is 0 Å². The number of amides is 2. The van der Waals surface area contributed by atoms with Crippen molar-refractivity contribution in [1.82, 2.24) is 25.2 Å². The third kappa shape index (κ3) is 4.09. The number of rotatable bonds is 5. The van der Waals surface area contributed by atoms with Crippen molar-refractivity contribution >= 4 is 22.6 Å². The highest BCUT2D eigenvalue weighted by Crippen LogP contribution is 2.13. The molecule has 0 bridgehead atoms. The molecule has 0 saturated heterocycles. The summed E-state index contributed by atoms with van der Waals surface area (Å²) in [6.45, 7) is 2.31. The Morgan fingerprint density at radius 2 is 1.52 bits per heavy atom. The molecule has 4 aromatic rings. The Morgan fingerprint density at radius 1 is 0.871 bits per heavy atom. The van der Waals surface area contributed by atoms with E-state index < -0.39 is 11.8 Å². The second-order valence-corrected chi connectivity index (χ2v) is 6.97. The number of aromatic nitrogens is 3. The van der Waals surface area contributed by atoms with Crippen LogP contribution in [0.2, 0.25) is 0 Å². The number of hydrazine groups is 1. The Morgan fingerprint density at radius 3 is 2.19 bits per heavy atom. The smallest absolute Gasteiger partial charge is 0.290 e. The molecule has 2 heterocycles. The minimum atomic E-state index is -0.599. The van der Waals surface area contributed by atoms with E-state index in [1.54, 1.807) is 36.4 Å². The van der Waals surface area contributed by atoms with Gasteiger partial charge in [0.25, 0.3) is 17.4 Å². The molecule has 156 valence electrons. The van der Waals surface area contributed by atoms with Crippen molar-refractivity contribution in [2.75, 3.05) is 0 Å². The zero-order chi connectivity index (χ0) is 21.8. The van der Waals surface area contributed by atoms with E-state index in [9.17, 15) is 14.4 Å². The van der Waals surface area contributed by atoms with Crippen LogP contribution in [0.25, 0.3) is 16.5 Å². The third-order valence-electron chi connectivity index (χ3n) is 4.84. The van der Waals surface area contributed by atoms with Gasteiger partial charge in [0.05, 0.1) is 5.39 Å². The van der Waals surface area contributed by atoms with Gasteiger partial charge in [0.1, 0.15) is 0 Å². The van der Waals surface area contributed by atoms with E-state index in [0.717, 1.165) is 5.69 Å². The highest BCUT2D eigenvalue weighted by atomic mass is 16.2. The highest BCUT2D eigenvalue weighted by molar-refractivity contribution is 6.06. The standard InChI is InChI=1S/C23H21N5O3/c1-2-13-28-23(31)19-8-4-3-7-18(19)20(26-28)22(30)25-24-21(29)16-9-11-17(12-10-16)27-14-5-6-15-27/h3-12,14-15H,2,13H2,1H3,(H,24,29)(H,25,30). The van der Waals surface area contributed by atoms with E-state index in [1.165, 1.54) is 4.68 Å². The van der Waals surface area contributed by atoms with Gasteiger partial charge in [-0.25, -0.2) is 4.68 Å². The SMILES string of the molecule is CCCn1nc(C(=O)NNC(=O)c2ccc(-n3cccc3)cc2)c2ccccc2c1=O. The summed E-state index contributed by atoms with van der Waals surface area (Å²) in [5.41, 5.74) is 5.94. The number of fused-ring (bicyclic) bond motifs is 1. The number of hydrogen-bond acceptors (Lipinski definition) is 4. The number of carbonyl (C=O) groups is 2. The van der Waals surface area contributed by atoms with Gasteiger partial charge in [-0.2, -0.15) is 5.10 Å². The Hall–Kier alpha value is -4.20. The second kappa shape index (κ2) is 8.66. The van der Waals surface area contributed by atoms with Crippen LogP contribution in [0.1, 0.15) is 34.2 Å². The van der Waals surface area contributed by atoms with Crippen molar-refractivity contribution in [1.29, 1.82) is 0 Å². The normalized spacial score (nSPS) is 10.7. The van der Waals surface area contributed by atoms with Crippen LogP contribution in [-0.2, 0) is 6.54 Å². The van der Waals surface area contributed by atoms with Crippen molar-refractivity contribution in [3.8, 4) is 5.69 Å². The van der Waals surface area contributed by atoms with Gasteiger partial charge in [-0.1, -0.05) is 25.1 Å². The molecule has 2 aromatic carbocycles. The number of aryl methyl sites for hydroxylation is 1. The first kappa shape index (κ1) is 20.1. The van der Waals surface area contributed by atoms with Crippen molar-refractivity contribution in [3.05, 3.63) is 94.7 Å². The predicted octanol–water partition coefficient (Wildman–Crippen LogP) is 2.67. The molecule has 2 amide bonds. The van der Waals surface area contributed by atoms with Crippen molar-refractivity contribution < 1.29 is 9.59 Å². The van der Waals surface area contributed by atoms with Crippen molar-refractivity contribution in [2.24, 2.45) is 0 Å². The maximum absolute atomic E-state index is 12.8. The molecule has 2 aromatic heterocycles. The van der Waals surface area contributed by atoms with Crippen molar-refractivity contribution in [2.45, 2.75) is 19.9 Å². The molecule has 0 fully saturated rings. The summed E-state index contributed by atoms with van der Waals surface area (Å²) in [6, 6.07) is 17.6. The highest BCUT2D eigenvalue weighted by Gasteiger charge is 2.17. The van der Waals surface area contributed by atoms with E-state index in [-0.39, 0.29) is 11.3 Å². The fourth-order valence-electron chi connectivity index (χ4n) is 3.30. The predicted molar refractivity (Wildman–Crippen MR) is 117 cm³/mol. The van der Waals surface area contributed by atoms with Crippen LogP contribution in [0.15, 0.2) is 77.9 Å². The number of carbonyl (C=O) groups excluding carboxylic acids is 2. The topological polar surface area (TPSA) is 98.0 Å². The third-order valence-corrected chi connectivity index (χ3v) is 4.84. The van der Waals surface area contributed by atoms with Crippen LogP contribution in [0.5, 0.6) is 0 Å². The largest absolute Gasteiger partial charge is 0.324 e. The molecule has 0 spiro atoms. The second-order valence-electron chi connectivity index (χ2n) is 6.97. The molecule has 0 aliphatic heterocycles. The van der Waals surface area contributed by atoms with E-state index in [2.05, 4.69) is 16.0 Å². The summed E-state index contributed by atoms with van der Waals surface area (Å²) in [5.74, 6) is -1.06. The minimum Gasteiger partial charge on any atom is -0.324 e. The average Bonchev–Trinajstić information content (AvgIpc) is 3.34. The summed E-state index contributed by atoms with van der Waals surface area (Å²) in [4.78, 5) is 37.8. The first-order chi connectivity index (χ1) is 15.1. The van der Waals surface area contributed by atoms with Crippen LogP contribution < -0.4 is 16.4 Å². The molecule has 8 nitrogen and oxygen atoms in total. The molecule has 0 aliphatic rings. The molecule has 4 rings (SSSR count). The number of nitrogens with zero attached hydrogens (tertiary/aromatic N) is 3. The Labute approximate surface area is 178 Å².